The van der Waals surface area contributed by atoms with Crippen LogP contribution in [-0.2, 0) is 16.6 Å². The minimum Gasteiger partial charge on any atom is -0.326 e. The van der Waals surface area contributed by atoms with E-state index in [9.17, 15) is 8.42 Å². The van der Waals surface area contributed by atoms with E-state index >= 15 is 0 Å². The van der Waals surface area contributed by atoms with E-state index in [1.165, 1.54) is 18.7 Å². The maximum absolute atomic E-state index is 12.2. The molecule has 2 rings (SSSR count). The maximum atomic E-state index is 12.2. The third kappa shape index (κ3) is 3.77. The van der Waals surface area contributed by atoms with Crippen molar-refractivity contribution in [1.82, 2.24) is 9.71 Å². The fraction of sp³-hybridized carbons (Fsp3) is 0.643. The summed E-state index contributed by atoms with van der Waals surface area (Å²) in [5.74, 6) is 0.748. The molecule has 5 nitrogen and oxygen atoms in total. The molecule has 3 N–H and O–H groups in total. The van der Waals surface area contributed by atoms with Crippen molar-refractivity contribution in [2.75, 3.05) is 0 Å². The number of pyridine rings is 1. The number of nitrogens with zero attached hydrogens (tertiary/aromatic N) is 1. The Kier molecular flexibility index (Phi) is 5.12. The Labute approximate surface area is 121 Å². The smallest absolute Gasteiger partial charge is 0.258 e. The molecule has 0 spiro atoms. The molecular formula is C14H23N3O2S. The molecule has 6 heteroatoms. The zero-order valence-electron chi connectivity index (χ0n) is 11.9. The first kappa shape index (κ1) is 15.4. The molecule has 0 saturated heterocycles. The second kappa shape index (κ2) is 6.65. The lowest BCUT2D eigenvalue weighted by Crippen LogP contribution is -2.37. The Morgan fingerprint density at radius 3 is 2.50 bits per heavy atom. The molecular weight excluding hydrogens is 274 g/mol. The Morgan fingerprint density at radius 2 is 2.00 bits per heavy atom. The molecule has 1 heterocycles. The SMILES string of the molecule is CCC1CCC(NS(=O)(=O)c2ccc(CN)cn2)CC1. The van der Waals surface area contributed by atoms with Crippen LogP contribution in [0.4, 0.5) is 0 Å². The van der Waals surface area contributed by atoms with Gasteiger partial charge in [0.15, 0.2) is 5.03 Å². The van der Waals surface area contributed by atoms with Crippen molar-refractivity contribution < 1.29 is 8.42 Å². The van der Waals surface area contributed by atoms with Gasteiger partial charge in [-0.15, -0.1) is 0 Å². The zero-order chi connectivity index (χ0) is 14.6. The molecule has 0 atom stereocenters. The Bertz CT molecular complexity index is 520. The predicted octanol–water partition coefficient (Wildman–Crippen LogP) is 1.79. The van der Waals surface area contributed by atoms with Gasteiger partial charge in [0, 0.05) is 18.8 Å². The molecule has 1 aromatic rings. The summed E-state index contributed by atoms with van der Waals surface area (Å²) in [6.45, 7) is 2.56. The number of nitrogens with one attached hydrogen (secondary N) is 1. The van der Waals surface area contributed by atoms with Crippen LogP contribution in [0, 0.1) is 5.92 Å². The number of aromatic nitrogens is 1. The van der Waals surface area contributed by atoms with E-state index in [2.05, 4.69) is 16.6 Å². The van der Waals surface area contributed by atoms with Gasteiger partial charge in [0.1, 0.15) is 0 Å². The van der Waals surface area contributed by atoms with Crippen molar-refractivity contribution in [2.45, 2.75) is 56.6 Å². The molecule has 112 valence electrons. The lowest BCUT2D eigenvalue weighted by atomic mass is 9.85. The highest BCUT2D eigenvalue weighted by molar-refractivity contribution is 7.89. The zero-order valence-corrected chi connectivity index (χ0v) is 12.7. The average molecular weight is 297 g/mol. The van der Waals surface area contributed by atoms with Crippen LogP contribution < -0.4 is 10.5 Å². The van der Waals surface area contributed by atoms with Crippen molar-refractivity contribution in [3.05, 3.63) is 23.9 Å². The summed E-state index contributed by atoms with van der Waals surface area (Å²) in [6.07, 6.45) is 6.73. The first-order chi connectivity index (χ1) is 9.55. The van der Waals surface area contributed by atoms with Crippen LogP contribution in [0.5, 0.6) is 0 Å². The summed E-state index contributed by atoms with van der Waals surface area (Å²) in [4.78, 5) is 3.99. The second-order valence-electron chi connectivity index (χ2n) is 5.46. The van der Waals surface area contributed by atoms with Crippen LogP contribution in [0.2, 0.25) is 0 Å². The topological polar surface area (TPSA) is 85.1 Å². The van der Waals surface area contributed by atoms with E-state index in [1.807, 2.05) is 0 Å². The monoisotopic (exact) mass is 297 g/mol. The highest BCUT2D eigenvalue weighted by Gasteiger charge is 2.25. The van der Waals surface area contributed by atoms with Gasteiger partial charge in [0.25, 0.3) is 10.0 Å². The van der Waals surface area contributed by atoms with Crippen LogP contribution in [0.25, 0.3) is 0 Å². The minimum absolute atomic E-state index is 0.0405. The fourth-order valence-corrected chi connectivity index (χ4v) is 3.89. The number of rotatable bonds is 5. The Morgan fingerprint density at radius 1 is 1.30 bits per heavy atom. The van der Waals surface area contributed by atoms with Crippen molar-refractivity contribution >= 4 is 10.0 Å². The number of nitrogens with two attached hydrogens (primary N) is 1. The normalized spacial score (nSPS) is 23.7. The van der Waals surface area contributed by atoms with Gasteiger partial charge in [0.05, 0.1) is 0 Å². The third-order valence-corrected chi connectivity index (χ3v) is 5.49. The minimum atomic E-state index is -3.51. The largest absolute Gasteiger partial charge is 0.326 e. The highest BCUT2D eigenvalue weighted by Crippen LogP contribution is 2.27. The van der Waals surface area contributed by atoms with E-state index < -0.39 is 10.0 Å². The first-order valence-electron chi connectivity index (χ1n) is 7.22. The summed E-state index contributed by atoms with van der Waals surface area (Å²) >= 11 is 0. The van der Waals surface area contributed by atoms with Crippen molar-refractivity contribution in [2.24, 2.45) is 11.7 Å². The Hall–Kier alpha value is -0.980. The van der Waals surface area contributed by atoms with Crippen LogP contribution in [0.15, 0.2) is 23.4 Å². The number of hydrogen-bond acceptors (Lipinski definition) is 4. The van der Waals surface area contributed by atoms with E-state index in [1.54, 1.807) is 6.07 Å². The second-order valence-corrected chi connectivity index (χ2v) is 7.12. The molecule has 20 heavy (non-hydrogen) atoms. The molecule has 0 amide bonds. The molecule has 1 aliphatic carbocycles. The Balaban J connectivity index is 2.00. The molecule has 0 aliphatic heterocycles. The average Bonchev–Trinajstić information content (AvgIpc) is 2.48. The van der Waals surface area contributed by atoms with Gasteiger partial charge in [0.2, 0.25) is 0 Å². The summed E-state index contributed by atoms with van der Waals surface area (Å²) in [7, 11) is -3.51. The quantitative estimate of drug-likeness (QED) is 0.867. The lowest BCUT2D eigenvalue weighted by Gasteiger charge is -2.28. The van der Waals surface area contributed by atoms with E-state index in [-0.39, 0.29) is 11.1 Å². The van der Waals surface area contributed by atoms with Gasteiger partial charge in [-0.05, 0) is 43.2 Å². The molecule has 1 aliphatic rings. The third-order valence-electron chi connectivity index (χ3n) is 4.05. The van der Waals surface area contributed by atoms with Gasteiger partial charge < -0.3 is 5.73 Å². The van der Waals surface area contributed by atoms with E-state index in [4.69, 9.17) is 5.73 Å². The molecule has 1 saturated carbocycles. The molecule has 0 bridgehead atoms. The lowest BCUT2D eigenvalue weighted by molar-refractivity contribution is 0.306. The molecule has 0 unspecified atom stereocenters. The number of hydrogen-bond donors (Lipinski definition) is 2. The summed E-state index contributed by atoms with van der Waals surface area (Å²) in [6, 6.07) is 3.26. The summed E-state index contributed by atoms with van der Waals surface area (Å²) < 4.78 is 27.3. The van der Waals surface area contributed by atoms with Crippen LogP contribution in [0.3, 0.4) is 0 Å². The summed E-state index contributed by atoms with van der Waals surface area (Å²) in [5.41, 5.74) is 6.31. The first-order valence-corrected chi connectivity index (χ1v) is 8.70. The fourth-order valence-electron chi connectivity index (χ4n) is 2.66. The van der Waals surface area contributed by atoms with Gasteiger partial charge in [-0.2, -0.15) is 0 Å². The predicted molar refractivity (Wildman–Crippen MR) is 78.5 cm³/mol. The molecule has 1 aromatic heterocycles. The highest BCUT2D eigenvalue weighted by atomic mass is 32.2. The van der Waals surface area contributed by atoms with Gasteiger partial charge in [-0.1, -0.05) is 19.4 Å². The van der Waals surface area contributed by atoms with Gasteiger partial charge >= 0.3 is 0 Å². The van der Waals surface area contributed by atoms with Crippen molar-refractivity contribution in [1.29, 1.82) is 0 Å². The molecule has 0 radical (unpaired) electrons. The standard InChI is InChI=1S/C14H23N3O2S/c1-2-11-3-6-13(7-4-11)17-20(18,19)14-8-5-12(9-15)10-16-14/h5,8,10-11,13,17H,2-4,6-7,9,15H2,1H3. The van der Waals surface area contributed by atoms with Crippen LogP contribution >= 0.6 is 0 Å². The van der Waals surface area contributed by atoms with Gasteiger partial charge in [-0.25, -0.2) is 18.1 Å². The summed E-state index contributed by atoms with van der Waals surface area (Å²) in [5, 5.41) is 0.0762. The van der Waals surface area contributed by atoms with E-state index in [0.29, 0.717) is 6.54 Å². The van der Waals surface area contributed by atoms with Crippen LogP contribution in [-0.4, -0.2) is 19.4 Å². The van der Waals surface area contributed by atoms with Crippen molar-refractivity contribution in [3.8, 4) is 0 Å². The maximum Gasteiger partial charge on any atom is 0.258 e. The van der Waals surface area contributed by atoms with Crippen molar-refractivity contribution in [3.63, 3.8) is 0 Å². The van der Waals surface area contributed by atoms with E-state index in [0.717, 1.165) is 37.2 Å². The van der Waals surface area contributed by atoms with Gasteiger partial charge in [-0.3, -0.25) is 0 Å². The van der Waals surface area contributed by atoms with Crippen LogP contribution in [0.1, 0.15) is 44.6 Å². The molecule has 1 fully saturated rings. The number of sulfonamides is 1. The molecule has 0 aromatic carbocycles.